The van der Waals surface area contributed by atoms with Crippen LogP contribution in [0.3, 0.4) is 0 Å². The summed E-state index contributed by atoms with van der Waals surface area (Å²) in [4.78, 5) is 4.06. The molecule has 0 aliphatic carbocycles. The third kappa shape index (κ3) is 2.92. The summed E-state index contributed by atoms with van der Waals surface area (Å²) in [6, 6.07) is 9.14. The van der Waals surface area contributed by atoms with Crippen molar-refractivity contribution in [3.63, 3.8) is 0 Å². The SMILES string of the molecule is Cc1oc(-c2ccccc2)nc1CS(=O)(=O)O. The van der Waals surface area contributed by atoms with E-state index in [0.29, 0.717) is 11.7 Å². The summed E-state index contributed by atoms with van der Waals surface area (Å²) < 4.78 is 35.7. The molecule has 1 heterocycles. The van der Waals surface area contributed by atoms with E-state index in [9.17, 15) is 8.42 Å². The molecule has 1 N–H and O–H groups in total. The van der Waals surface area contributed by atoms with E-state index in [1.807, 2.05) is 30.3 Å². The second-order valence-corrected chi connectivity index (χ2v) is 5.07. The third-order valence-corrected chi connectivity index (χ3v) is 2.87. The van der Waals surface area contributed by atoms with Gasteiger partial charge in [0.05, 0.1) is 5.69 Å². The molecule has 0 atom stereocenters. The summed E-state index contributed by atoms with van der Waals surface area (Å²) in [5.74, 6) is 0.207. The van der Waals surface area contributed by atoms with E-state index in [2.05, 4.69) is 4.98 Å². The molecule has 0 spiro atoms. The van der Waals surface area contributed by atoms with Gasteiger partial charge in [0.2, 0.25) is 5.89 Å². The first-order chi connectivity index (χ1) is 7.96. The average molecular weight is 253 g/mol. The van der Waals surface area contributed by atoms with Gasteiger partial charge in [-0.15, -0.1) is 0 Å². The monoisotopic (exact) mass is 253 g/mol. The van der Waals surface area contributed by atoms with Crippen molar-refractivity contribution in [1.82, 2.24) is 4.98 Å². The van der Waals surface area contributed by atoms with Gasteiger partial charge in [-0.1, -0.05) is 18.2 Å². The van der Waals surface area contributed by atoms with Crippen molar-refractivity contribution in [1.29, 1.82) is 0 Å². The van der Waals surface area contributed by atoms with Gasteiger partial charge in [-0.3, -0.25) is 4.55 Å². The Balaban J connectivity index is 2.38. The van der Waals surface area contributed by atoms with E-state index in [-0.39, 0.29) is 5.69 Å². The van der Waals surface area contributed by atoms with Gasteiger partial charge in [0.25, 0.3) is 10.1 Å². The van der Waals surface area contributed by atoms with Crippen LogP contribution in [-0.2, 0) is 15.9 Å². The van der Waals surface area contributed by atoms with E-state index in [4.69, 9.17) is 8.97 Å². The van der Waals surface area contributed by atoms with E-state index < -0.39 is 15.9 Å². The summed E-state index contributed by atoms with van der Waals surface area (Å²) in [7, 11) is -4.09. The number of oxazole rings is 1. The van der Waals surface area contributed by atoms with Crippen LogP contribution in [0.25, 0.3) is 11.5 Å². The first-order valence-electron chi connectivity index (χ1n) is 4.92. The lowest BCUT2D eigenvalue weighted by Gasteiger charge is -1.92. The Bertz CT molecular complexity index is 616. The Hall–Kier alpha value is -1.66. The summed E-state index contributed by atoms with van der Waals surface area (Å²) in [5.41, 5.74) is 0.989. The smallest absolute Gasteiger partial charge is 0.270 e. The van der Waals surface area contributed by atoms with Crippen molar-refractivity contribution >= 4 is 10.1 Å². The van der Waals surface area contributed by atoms with Gasteiger partial charge in [-0.25, -0.2) is 4.98 Å². The molecule has 90 valence electrons. The molecule has 6 heteroatoms. The number of aromatic nitrogens is 1. The van der Waals surface area contributed by atoms with Gasteiger partial charge < -0.3 is 4.42 Å². The van der Waals surface area contributed by atoms with Gasteiger partial charge in [0.1, 0.15) is 11.5 Å². The van der Waals surface area contributed by atoms with Crippen LogP contribution in [-0.4, -0.2) is 18.0 Å². The number of benzene rings is 1. The zero-order valence-electron chi connectivity index (χ0n) is 9.12. The van der Waals surface area contributed by atoms with Crippen LogP contribution in [0.15, 0.2) is 34.7 Å². The van der Waals surface area contributed by atoms with Crippen molar-refractivity contribution in [3.8, 4) is 11.5 Å². The van der Waals surface area contributed by atoms with Crippen LogP contribution in [0, 0.1) is 6.92 Å². The van der Waals surface area contributed by atoms with Gasteiger partial charge in [-0.05, 0) is 19.1 Å². The molecular formula is C11H11NO4S. The Morgan fingerprint density at radius 1 is 1.29 bits per heavy atom. The van der Waals surface area contributed by atoms with Crippen molar-refractivity contribution < 1.29 is 17.4 Å². The maximum Gasteiger partial charge on any atom is 0.270 e. The zero-order valence-corrected chi connectivity index (χ0v) is 9.94. The molecule has 17 heavy (non-hydrogen) atoms. The number of hydrogen-bond acceptors (Lipinski definition) is 4. The summed E-state index contributed by atoms with van der Waals surface area (Å²) in [6.07, 6.45) is 0. The molecule has 0 unspecified atom stereocenters. The van der Waals surface area contributed by atoms with Crippen molar-refractivity contribution in [2.45, 2.75) is 12.7 Å². The number of aryl methyl sites for hydroxylation is 1. The largest absolute Gasteiger partial charge is 0.441 e. The third-order valence-electron chi connectivity index (χ3n) is 2.23. The molecule has 0 saturated heterocycles. The van der Waals surface area contributed by atoms with E-state index in [1.54, 1.807) is 6.92 Å². The molecule has 0 fully saturated rings. The standard InChI is InChI=1S/C11H11NO4S/c1-8-10(7-17(13,14)15)12-11(16-8)9-5-3-2-4-6-9/h2-6H,7H2,1H3,(H,13,14,15). The van der Waals surface area contributed by atoms with E-state index in [0.717, 1.165) is 5.56 Å². The van der Waals surface area contributed by atoms with Crippen LogP contribution in [0.2, 0.25) is 0 Å². The fourth-order valence-electron chi connectivity index (χ4n) is 1.44. The van der Waals surface area contributed by atoms with Gasteiger partial charge in [-0.2, -0.15) is 8.42 Å². The molecular weight excluding hydrogens is 242 g/mol. The Morgan fingerprint density at radius 3 is 2.53 bits per heavy atom. The average Bonchev–Trinajstić information content (AvgIpc) is 2.59. The lowest BCUT2D eigenvalue weighted by molar-refractivity contribution is 0.480. The topological polar surface area (TPSA) is 80.4 Å². The second-order valence-electron chi connectivity index (χ2n) is 3.61. The lowest BCUT2D eigenvalue weighted by atomic mass is 10.2. The molecule has 1 aromatic heterocycles. The van der Waals surface area contributed by atoms with Crippen LogP contribution in [0.1, 0.15) is 11.5 Å². The Labute approximate surface area is 98.9 Å². The molecule has 0 radical (unpaired) electrons. The molecule has 2 rings (SSSR count). The lowest BCUT2D eigenvalue weighted by Crippen LogP contribution is -2.02. The first-order valence-corrected chi connectivity index (χ1v) is 6.53. The van der Waals surface area contributed by atoms with E-state index >= 15 is 0 Å². The second kappa shape index (κ2) is 4.31. The predicted molar refractivity (Wildman–Crippen MR) is 61.9 cm³/mol. The number of nitrogens with zero attached hydrogens (tertiary/aromatic N) is 1. The number of rotatable bonds is 3. The summed E-state index contributed by atoms with van der Waals surface area (Å²) in [5, 5.41) is 0. The summed E-state index contributed by atoms with van der Waals surface area (Å²) >= 11 is 0. The molecule has 0 bridgehead atoms. The molecule has 2 aromatic rings. The quantitative estimate of drug-likeness (QED) is 0.846. The first kappa shape index (κ1) is 11.8. The zero-order chi connectivity index (χ0) is 12.5. The van der Waals surface area contributed by atoms with Gasteiger partial charge in [0, 0.05) is 5.56 Å². The summed E-state index contributed by atoms with van der Waals surface area (Å²) in [6.45, 7) is 1.61. The molecule has 1 aromatic carbocycles. The molecule has 5 nitrogen and oxygen atoms in total. The van der Waals surface area contributed by atoms with Crippen molar-refractivity contribution in [2.24, 2.45) is 0 Å². The fraction of sp³-hybridized carbons (Fsp3) is 0.182. The predicted octanol–water partition coefficient (Wildman–Crippen LogP) is 2.04. The maximum absolute atomic E-state index is 10.8. The highest BCUT2D eigenvalue weighted by Crippen LogP contribution is 2.22. The van der Waals surface area contributed by atoms with Crippen molar-refractivity contribution in [3.05, 3.63) is 41.8 Å². The van der Waals surface area contributed by atoms with E-state index in [1.165, 1.54) is 0 Å². The van der Waals surface area contributed by atoms with Crippen LogP contribution >= 0.6 is 0 Å². The maximum atomic E-state index is 10.8. The normalized spacial score (nSPS) is 11.6. The highest BCUT2D eigenvalue weighted by atomic mass is 32.2. The Kier molecular flexibility index (Phi) is 2.99. The van der Waals surface area contributed by atoms with Crippen LogP contribution in [0.5, 0.6) is 0 Å². The highest BCUT2D eigenvalue weighted by Gasteiger charge is 2.16. The minimum absolute atomic E-state index is 0.228. The molecule has 0 amide bonds. The van der Waals surface area contributed by atoms with Crippen molar-refractivity contribution in [2.75, 3.05) is 0 Å². The van der Waals surface area contributed by atoms with Crippen LogP contribution in [0.4, 0.5) is 0 Å². The highest BCUT2D eigenvalue weighted by molar-refractivity contribution is 7.85. The minimum atomic E-state index is -4.09. The fourth-order valence-corrected chi connectivity index (χ4v) is 2.05. The molecule has 0 aliphatic heterocycles. The number of hydrogen-bond donors (Lipinski definition) is 1. The van der Waals surface area contributed by atoms with Crippen LogP contribution < -0.4 is 0 Å². The Morgan fingerprint density at radius 2 is 1.94 bits per heavy atom. The molecule has 0 aliphatic rings. The van der Waals surface area contributed by atoms with Gasteiger partial charge >= 0.3 is 0 Å². The minimum Gasteiger partial charge on any atom is -0.441 e. The van der Waals surface area contributed by atoms with Gasteiger partial charge in [0.15, 0.2) is 0 Å². The molecule has 0 saturated carbocycles.